The van der Waals surface area contributed by atoms with E-state index in [0.29, 0.717) is 32.2 Å². The largest absolute Gasteiger partial charge is 0.480 e. The van der Waals surface area contributed by atoms with Crippen LogP contribution in [-0.2, 0) is 4.79 Å². The van der Waals surface area contributed by atoms with Crippen LogP contribution in [0.4, 0.5) is 8.78 Å². The van der Waals surface area contributed by atoms with Crippen LogP contribution in [0.3, 0.4) is 0 Å². The molecule has 0 radical (unpaired) electrons. The number of carbonyl (C=O) groups excluding carboxylic acids is 1. The number of benzene rings is 1. The van der Waals surface area contributed by atoms with Crippen molar-refractivity contribution >= 4 is 11.9 Å². The van der Waals surface area contributed by atoms with Crippen molar-refractivity contribution in [3.63, 3.8) is 0 Å². The number of hydrogen-bond donors (Lipinski definition) is 1. The summed E-state index contributed by atoms with van der Waals surface area (Å²) >= 11 is 0. The van der Waals surface area contributed by atoms with Gasteiger partial charge in [0.25, 0.3) is 5.91 Å². The molecule has 0 saturated carbocycles. The second-order valence-corrected chi connectivity index (χ2v) is 4.59. The standard InChI is InChI=1S/C13H14F2N2O3/c14-9-1-2-10(11(15)7-9)13(20)17-5-3-16(4-6-17)8-12(18)19/h1-2,7H,3-6,8H2,(H,18,19). The third-order valence-electron chi connectivity index (χ3n) is 3.18. The number of hydrogen-bond acceptors (Lipinski definition) is 3. The zero-order valence-corrected chi connectivity index (χ0v) is 10.7. The van der Waals surface area contributed by atoms with Crippen LogP contribution in [0.25, 0.3) is 0 Å². The molecule has 2 rings (SSSR count). The number of carboxylic acids is 1. The smallest absolute Gasteiger partial charge is 0.317 e. The minimum absolute atomic E-state index is 0.0764. The van der Waals surface area contributed by atoms with Gasteiger partial charge in [-0.05, 0) is 12.1 Å². The Labute approximate surface area is 114 Å². The topological polar surface area (TPSA) is 60.9 Å². The molecule has 1 aliphatic rings. The van der Waals surface area contributed by atoms with Gasteiger partial charge in [-0.25, -0.2) is 8.78 Å². The first-order valence-electron chi connectivity index (χ1n) is 6.16. The molecule has 1 aromatic carbocycles. The summed E-state index contributed by atoms with van der Waals surface area (Å²) in [6.07, 6.45) is 0. The van der Waals surface area contributed by atoms with Crippen molar-refractivity contribution in [1.82, 2.24) is 9.80 Å². The van der Waals surface area contributed by atoms with Crippen LogP contribution in [0.5, 0.6) is 0 Å². The molecule has 7 heteroatoms. The Morgan fingerprint density at radius 3 is 2.35 bits per heavy atom. The number of aliphatic carboxylic acids is 1. The van der Waals surface area contributed by atoms with E-state index in [1.165, 1.54) is 4.90 Å². The predicted molar refractivity (Wildman–Crippen MR) is 66.3 cm³/mol. The summed E-state index contributed by atoms with van der Waals surface area (Å²) < 4.78 is 26.3. The lowest BCUT2D eigenvalue weighted by molar-refractivity contribution is -0.138. The zero-order chi connectivity index (χ0) is 14.7. The van der Waals surface area contributed by atoms with Gasteiger partial charge < -0.3 is 10.0 Å². The summed E-state index contributed by atoms with van der Waals surface area (Å²) in [6, 6.07) is 2.83. The Morgan fingerprint density at radius 2 is 1.80 bits per heavy atom. The van der Waals surface area contributed by atoms with Crippen LogP contribution in [0.2, 0.25) is 0 Å². The van der Waals surface area contributed by atoms with Crippen LogP contribution in [-0.4, -0.2) is 59.5 Å². The van der Waals surface area contributed by atoms with Gasteiger partial charge in [-0.3, -0.25) is 14.5 Å². The van der Waals surface area contributed by atoms with Crippen LogP contribution >= 0.6 is 0 Å². The van der Waals surface area contributed by atoms with E-state index in [9.17, 15) is 18.4 Å². The Bertz CT molecular complexity index is 528. The maximum atomic E-state index is 13.5. The first-order valence-corrected chi connectivity index (χ1v) is 6.16. The van der Waals surface area contributed by atoms with Gasteiger partial charge in [0.05, 0.1) is 12.1 Å². The van der Waals surface area contributed by atoms with E-state index in [1.807, 2.05) is 0 Å². The highest BCUT2D eigenvalue weighted by molar-refractivity contribution is 5.94. The molecule has 0 spiro atoms. The minimum atomic E-state index is -0.922. The highest BCUT2D eigenvalue weighted by Crippen LogP contribution is 2.14. The molecule has 1 N–H and O–H groups in total. The van der Waals surface area contributed by atoms with E-state index in [-0.39, 0.29) is 12.1 Å². The van der Waals surface area contributed by atoms with Crippen LogP contribution in [0.1, 0.15) is 10.4 Å². The SMILES string of the molecule is O=C(O)CN1CCN(C(=O)c2ccc(F)cc2F)CC1. The Kier molecular flexibility index (Phi) is 4.29. The van der Waals surface area contributed by atoms with Crippen molar-refractivity contribution in [2.24, 2.45) is 0 Å². The normalized spacial score (nSPS) is 16.2. The quantitative estimate of drug-likeness (QED) is 0.892. The monoisotopic (exact) mass is 284 g/mol. The van der Waals surface area contributed by atoms with Crippen molar-refractivity contribution in [3.8, 4) is 0 Å². The summed E-state index contributed by atoms with van der Waals surface area (Å²) in [5.74, 6) is -3.04. The number of rotatable bonds is 3. The van der Waals surface area contributed by atoms with E-state index < -0.39 is 23.5 Å². The summed E-state index contributed by atoms with van der Waals surface area (Å²) in [5, 5.41) is 8.67. The molecular weight excluding hydrogens is 270 g/mol. The lowest BCUT2D eigenvalue weighted by Crippen LogP contribution is -2.50. The fraction of sp³-hybridized carbons (Fsp3) is 0.385. The number of amides is 1. The van der Waals surface area contributed by atoms with Gasteiger partial charge in [0, 0.05) is 32.2 Å². The summed E-state index contributed by atoms with van der Waals surface area (Å²) in [7, 11) is 0. The van der Waals surface area contributed by atoms with E-state index in [4.69, 9.17) is 5.11 Å². The van der Waals surface area contributed by atoms with Crippen LogP contribution in [0, 0.1) is 11.6 Å². The molecule has 0 aliphatic carbocycles. The van der Waals surface area contributed by atoms with Crippen molar-refractivity contribution < 1.29 is 23.5 Å². The van der Waals surface area contributed by atoms with Gasteiger partial charge in [0.2, 0.25) is 0 Å². The first-order chi connectivity index (χ1) is 9.47. The van der Waals surface area contributed by atoms with Crippen LogP contribution < -0.4 is 0 Å². The van der Waals surface area contributed by atoms with Gasteiger partial charge in [-0.15, -0.1) is 0 Å². The molecule has 108 valence electrons. The van der Waals surface area contributed by atoms with Crippen molar-refractivity contribution in [2.75, 3.05) is 32.7 Å². The summed E-state index contributed by atoms with van der Waals surface area (Å²) in [4.78, 5) is 25.8. The Morgan fingerprint density at radius 1 is 1.15 bits per heavy atom. The molecule has 1 aliphatic heterocycles. The Balaban J connectivity index is 1.99. The van der Waals surface area contributed by atoms with Crippen molar-refractivity contribution in [3.05, 3.63) is 35.4 Å². The van der Waals surface area contributed by atoms with Gasteiger partial charge in [0.1, 0.15) is 11.6 Å². The summed E-state index contributed by atoms with van der Waals surface area (Å²) in [5.41, 5.74) is -0.168. The fourth-order valence-electron chi connectivity index (χ4n) is 2.13. The van der Waals surface area contributed by atoms with Crippen molar-refractivity contribution in [2.45, 2.75) is 0 Å². The molecule has 0 atom stereocenters. The van der Waals surface area contributed by atoms with Crippen LogP contribution in [0.15, 0.2) is 18.2 Å². The van der Waals surface area contributed by atoms with Gasteiger partial charge >= 0.3 is 5.97 Å². The van der Waals surface area contributed by atoms with E-state index >= 15 is 0 Å². The second kappa shape index (κ2) is 5.96. The predicted octanol–water partition coefficient (Wildman–Crippen LogP) is 0.807. The van der Waals surface area contributed by atoms with Gasteiger partial charge in [-0.2, -0.15) is 0 Å². The third-order valence-corrected chi connectivity index (χ3v) is 3.18. The number of nitrogens with zero attached hydrogens (tertiary/aromatic N) is 2. The highest BCUT2D eigenvalue weighted by atomic mass is 19.1. The van der Waals surface area contributed by atoms with Gasteiger partial charge in [-0.1, -0.05) is 0 Å². The lowest BCUT2D eigenvalue weighted by atomic mass is 10.1. The summed E-state index contributed by atoms with van der Waals surface area (Å²) in [6.45, 7) is 1.40. The molecular formula is C13H14F2N2O3. The highest BCUT2D eigenvalue weighted by Gasteiger charge is 2.24. The van der Waals surface area contributed by atoms with Crippen molar-refractivity contribution in [1.29, 1.82) is 0 Å². The number of piperazine rings is 1. The number of halogens is 2. The molecule has 0 unspecified atom stereocenters. The zero-order valence-electron chi connectivity index (χ0n) is 10.7. The average molecular weight is 284 g/mol. The molecule has 0 bridgehead atoms. The number of carbonyl (C=O) groups is 2. The van der Waals surface area contributed by atoms with E-state index in [2.05, 4.69) is 0 Å². The number of carboxylic acid groups (broad SMARTS) is 1. The van der Waals surface area contributed by atoms with E-state index in [1.54, 1.807) is 4.90 Å². The fourth-order valence-corrected chi connectivity index (χ4v) is 2.13. The lowest BCUT2D eigenvalue weighted by Gasteiger charge is -2.33. The molecule has 1 amide bonds. The molecule has 5 nitrogen and oxygen atoms in total. The van der Waals surface area contributed by atoms with Gasteiger partial charge in [0.15, 0.2) is 0 Å². The third kappa shape index (κ3) is 3.30. The molecule has 0 aromatic heterocycles. The molecule has 1 aromatic rings. The molecule has 1 fully saturated rings. The maximum Gasteiger partial charge on any atom is 0.317 e. The second-order valence-electron chi connectivity index (χ2n) is 4.59. The first kappa shape index (κ1) is 14.4. The minimum Gasteiger partial charge on any atom is -0.480 e. The molecule has 20 heavy (non-hydrogen) atoms. The molecule has 1 heterocycles. The Hall–Kier alpha value is -2.02. The average Bonchev–Trinajstić information content (AvgIpc) is 2.38. The molecule has 1 saturated heterocycles. The maximum absolute atomic E-state index is 13.5. The van der Waals surface area contributed by atoms with E-state index in [0.717, 1.165) is 12.1 Å².